The molecule has 2 aromatic rings. The second-order valence-corrected chi connectivity index (χ2v) is 7.34. The van der Waals surface area contributed by atoms with Crippen molar-refractivity contribution in [3.8, 4) is 0 Å². The topological polar surface area (TPSA) is 117 Å². The number of carbonyl (C=O) groups is 2. The largest absolute Gasteiger partial charge is 0.351 e. The first-order valence-electron chi connectivity index (χ1n) is 7.84. The molecule has 0 radical (unpaired) electrons. The van der Waals surface area contributed by atoms with Crippen LogP contribution in [0, 0.1) is 0 Å². The van der Waals surface area contributed by atoms with Crippen LogP contribution in [0.5, 0.6) is 0 Å². The van der Waals surface area contributed by atoms with E-state index in [2.05, 4.69) is 20.3 Å². The van der Waals surface area contributed by atoms with Crippen molar-refractivity contribution in [3.05, 3.63) is 54.4 Å². The van der Waals surface area contributed by atoms with Crippen molar-refractivity contribution in [3.63, 3.8) is 0 Å². The van der Waals surface area contributed by atoms with Gasteiger partial charge in [-0.1, -0.05) is 0 Å². The third-order valence-corrected chi connectivity index (χ3v) is 4.98. The summed E-state index contributed by atoms with van der Waals surface area (Å²) in [5, 5.41) is 5.21. The Kier molecular flexibility index (Phi) is 6.42. The van der Waals surface area contributed by atoms with E-state index in [-0.39, 0.29) is 17.3 Å². The predicted octanol–water partition coefficient (Wildman–Crippen LogP) is 1.02. The number of benzene rings is 1. The van der Waals surface area contributed by atoms with E-state index in [1.807, 2.05) is 0 Å². The number of anilines is 1. The van der Waals surface area contributed by atoms with E-state index < -0.39 is 22.0 Å². The highest BCUT2D eigenvalue weighted by Crippen LogP contribution is 2.14. The van der Waals surface area contributed by atoms with Gasteiger partial charge in [0.2, 0.25) is 21.8 Å². The third-order valence-electron chi connectivity index (χ3n) is 3.43. The molecule has 0 fully saturated rings. The first-order chi connectivity index (χ1) is 12.3. The number of amides is 2. The van der Waals surface area contributed by atoms with Crippen LogP contribution in [0.15, 0.2) is 53.7 Å². The first kappa shape index (κ1) is 19.5. The summed E-state index contributed by atoms with van der Waals surface area (Å²) in [7, 11) is -3.87. The van der Waals surface area contributed by atoms with Crippen molar-refractivity contribution in [1.82, 2.24) is 15.0 Å². The molecule has 2 amide bonds. The summed E-state index contributed by atoms with van der Waals surface area (Å²) in [6, 6.07) is 8.23. The zero-order chi connectivity index (χ0) is 19.2. The van der Waals surface area contributed by atoms with Gasteiger partial charge in [0, 0.05) is 31.5 Å². The van der Waals surface area contributed by atoms with Crippen LogP contribution in [0.25, 0.3) is 0 Å². The van der Waals surface area contributed by atoms with Crippen molar-refractivity contribution in [1.29, 1.82) is 0 Å². The molecule has 0 spiro atoms. The zero-order valence-electron chi connectivity index (χ0n) is 14.4. The minimum Gasteiger partial charge on any atom is -0.351 e. The van der Waals surface area contributed by atoms with Crippen LogP contribution in [-0.4, -0.2) is 31.3 Å². The molecular weight excluding hydrogens is 356 g/mol. The number of carbonyl (C=O) groups excluding carboxylic acids is 2. The molecule has 138 valence electrons. The minimum absolute atomic E-state index is 0.000357. The van der Waals surface area contributed by atoms with E-state index in [0.29, 0.717) is 5.69 Å². The Labute approximate surface area is 152 Å². The number of nitrogens with one attached hydrogen (secondary N) is 3. The van der Waals surface area contributed by atoms with Crippen LogP contribution in [-0.2, 0) is 26.2 Å². The number of sulfonamides is 1. The normalized spacial score (nSPS) is 12.2. The smallest absolute Gasteiger partial charge is 0.241 e. The Morgan fingerprint density at radius 3 is 2.27 bits per heavy atom. The molecule has 0 aliphatic rings. The van der Waals surface area contributed by atoms with E-state index in [1.54, 1.807) is 24.5 Å². The highest BCUT2D eigenvalue weighted by atomic mass is 32.2. The second kappa shape index (κ2) is 8.54. The van der Waals surface area contributed by atoms with Gasteiger partial charge in [-0.15, -0.1) is 0 Å². The van der Waals surface area contributed by atoms with Crippen molar-refractivity contribution in [2.75, 3.05) is 5.32 Å². The van der Waals surface area contributed by atoms with Crippen molar-refractivity contribution in [2.24, 2.45) is 0 Å². The van der Waals surface area contributed by atoms with Crippen LogP contribution in [0.1, 0.15) is 19.4 Å². The van der Waals surface area contributed by atoms with Crippen molar-refractivity contribution >= 4 is 27.5 Å². The molecule has 3 N–H and O–H groups in total. The molecule has 0 aliphatic carbocycles. The maximum absolute atomic E-state index is 12.4. The average molecular weight is 376 g/mol. The first-order valence-corrected chi connectivity index (χ1v) is 9.33. The minimum atomic E-state index is -3.87. The summed E-state index contributed by atoms with van der Waals surface area (Å²) >= 11 is 0. The highest BCUT2D eigenvalue weighted by molar-refractivity contribution is 7.89. The third kappa shape index (κ3) is 5.64. The molecule has 0 aliphatic heterocycles. The highest BCUT2D eigenvalue weighted by Gasteiger charge is 2.21. The lowest BCUT2D eigenvalue weighted by Gasteiger charge is -2.15. The predicted molar refractivity (Wildman–Crippen MR) is 96.6 cm³/mol. The molecule has 1 aromatic carbocycles. The fourth-order valence-electron chi connectivity index (χ4n) is 2.12. The number of hydrogen-bond donors (Lipinski definition) is 3. The molecule has 9 heteroatoms. The van der Waals surface area contributed by atoms with E-state index in [9.17, 15) is 18.0 Å². The van der Waals surface area contributed by atoms with Gasteiger partial charge in [-0.3, -0.25) is 14.6 Å². The monoisotopic (exact) mass is 376 g/mol. The summed E-state index contributed by atoms with van der Waals surface area (Å²) in [6.45, 7) is 3.10. The number of aromatic nitrogens is 1. The van der Waals surface area contributed by atoms with Gasteiger partial charge in [0.05, 0.1) is 10.9 Å². The lowest BCUT2D eigenvalue weighted by atomic mass is 10.2. The summed E-state index contributed by atoms with van der Waals surface area (Å²) in [5.41, 5.74) is 1.34. The fraction of sp³-hybridized carbons (Fsp3) is 0.235. The van der Waals surface area contributed by atoms with Crippen LogP contribution in [0.2, 0.25) is 0 Å². The maximum atomic E-state index is 12.4. The van der Waals surface area contributed by atoms with E-state index in [4.69, 9.17) is 0 Å². The summed E-state index contributed by atoms with van der Waals surface area (Å²) in [5.74, 6) is -0.696. The maximum Gasteiger partial charge on any atom is 0.241 e. The van der Waals surface area contributed by atoms with Gasteiger partial charge in [-0.05, 0) is 48.9 Å². The zero-order valence-corrected chi connectivity index (χ0v) is 15.2. The Bertz CT molecular complexity index is 867. The Hall–Kier alpha value is -2.78. The second-order valence-electron chi connectivity index (χ2n) is 5.62. The van der Waals surface area contributed by atoms with Crippen molar-refractivity contribution in [2.45, 2.75) is 31.3 Å². The lowest BCUT2D eigenvalue weighted by molar-refractivity contribution is -0.122. The number of hydrogen-bond acceptors (Lipinski definition) is 5. The lowest BCUT2D eigenvalue weighted by Crippen LogP contribution is -2.44. The van der Waals surface area contributed by atoms with Crippen LogP contribution in [0.4, 0.5) is 5.69 Å². The number of nitrogens with zero attached hydrogens (tertiary/aromatic N) is 1. The van der Waals surface area contributed by atoms with Crippen molar-refractivity contribution < 1.29 is 18.0 Å². The molecule has 8 nitrogen and oxygen atoms in total. The standard InChI is InChI=1S/C17H20N4O4S/c1-12(17(23)19-11-14-7-9-18-10-8-14)21-26(24,25)16-5-3-15(4-6-16)20-13(2)22/h3-10,12,21H,11H2,1-2H3,(H,19,23)(H,20,22)/t12-/m0/s1. The molecule has 0 bridgehead atoms. The van der Waals surface area contributed by atoms with E-state index in [0.717, 1.165) is 5.56 Å². The van der Waals surface area contributed by atoms with E-state index in [1.165, 1.54) is 38.1 Å². The van der Waals surface area contributed by atoms with Gasteiger partial charge in [0.25, 0.3) is 0 Å². The molecule has 0 unspecified atom stereocenters. The fourth-order valence-corrected chi connectivity index (χ4v) is 3.32. The van der Waals surface area contributed by atoms with Gasteiger partial charge >= 0.3 is 0 Å². The molecule has 26 heavy (non-hydrogen) atoms. The van der Waals surface area contributed by atoms with Gasteiger partial charge in [-0.2, -0.15) is 4.72 Å². The Balaban J connectivity index is 1.96. The quantitative estimate of drug-likeness (QED) is 0.667. The van der Waals surface area contributed by atoms with Gasteiger partial charge in [0.1, 0.15) is 0 Å². The van der Waals surface area contributed by atoms with Gasteiger partial charge < -0.3 is 10.6 Å². The Morgan fingerprint density at radius 2 is 1.69 bits per heavy atom. The molecule has 2 rings (SSSR count). The molecular formula is C17H20N4O4S. The molecule has 1 aromatic heterocycles. The number of rotatable bonds is 7. The van der Waals surface area contributed by atoms with Crippen LogP contribution in [0.3, 0.4) is 0 Å². The van der Waals surface area contributed by atoms with Gasteiger partial charge in [-0.25, -0.2) is 8.42 Å². The van der Waals surface area contributed by atoms with Crippen LogP contribution >= 0.6 is 0 Å². The molecule has 1 heterocycles. The summed E-state index contributed by atoms with van der Waals surface area (Å²) < 4.78 is 27.1. The number of pyridine rings is 1. The molecule has 1 atom stereocenters. The Morgan fingerprint density at radius 1 is 1.08 bits per heavy atom. The molecule has 0 saturated carbocycles. The summed E-state index contributed by atoms with van der Waals surface area (Å²) in [4.78, 5) is 27.0. The van der Waals surface area contributed by atoms with E-state index >= 15 is 0 Å². The van der Waals surface area contributed by atoms with Crippen LogP contribution < -0.4 is 15.4 Å². The SMILES string of the molecule is CC(=O)Nc1ccc(S(=O)(=O)N[C@@H](C)C(=O)NCc2ccncc2)cc1. The molecule has 0 saturated heterocycles. The van der Waals surface area contributed by atoms with Gasteiger partial charge in [0.15, 0.2) is 0 Å². The summed E-state index contributed by atoms with van der Waals surface area (Å²) in [6.07, 6.45) is 3.22. The average Bonchev–Trinajstić information content (AvgIpc) is 2.60.